The van der Waals surface area contributed by atoms with Crippen LogP contribution in [0.3, 0.4) is 0 Å². The summed E-state index contributed by atoms with van der Waals surface area (Å²) in [6.45, 7) is 1.12. The highest BCUT2D eigenvalue weighted by atomic mass is 16.5. The number of hydrogen-bond donors (Lipinski definition) is 1. The Kier molecular flexibility index (Phi) is 3.99. The van der Waals surface area contributed by atoms with Crippen molar-refractivity contribution in [3.05, 3.63) is 29.8 Å². The SMILES string of the molecule is COc1cccc([C@@H]2C3CC[C@H](O)C[C@@H]3CCN2C)c1. The van der Waals surface area contributed by atoms with Crippen LogP contribution in [0.25, 0.3) is 0 Å². The Bertz CT molecular complexity index is 462. The highest BCUT2D eigenvalue weighted by Gasteiger charge is 2.40. The van der Waals surface area contributed by atoms with Gasteiger partial charge in [0.15, 0.2) is 0 Å². The minimum absolute atomic E-state index is 0.0781. The summed E-state index contributed by atoms with van der Waals surface area (Å²) in [5, 5.41) is 9.92. The Morgan fingerprint density at radius 1 is 1.25 bits per heavy atom. The zero-order chi connectivity index (χ0) is 14.1. The fourth-order valence-corrected chi connectivity index (χ4v) is 4.17. The van der Waals surface area contributed by atoms with Gasteiger partial charge in [-0.15, -0.1) is 0 Å². The molecule has 0 aromatic heterocycles. The Hall–Kier alpha value is -1.06. The van der Waals surface area contributed by atoms with Gasteiger partial charge in [-0.1, -0.05) is 12.1 Å². The van der Waals surface area contributed by atoms with Gasteiger partial charge < -0.3 is 9.84 Å². The van der Waals surface area contributed by atoms with E-state index in [0.29, 0.717) is 17.9 Å². The minimum Gasteiger partial charge on any atom is -0.497 e. The molecular formula is C17H25NO2. The molecule has 1 aromatic rings. The van der Waals surface area contributed by atoms with Crippen LogP contribution in [0.2, 0.25) is 0 Å². The van der Waals surface area contributed by atoms with Crippen molar-refractivity contribution in [2.45, 2.75) is 37.8 Å². The van der Waals surface area contributed by atoms with E-state index in [2.05, 4.69) is 30.1 Å². The number of hydrogen-bond acceptors (Lipinski definition) is 3. The monoisotopic (exact) mass is 275 g/mol. The number of aliphatic hydroxyl groups excluding tert-OH is 1. The predicted molar refractivity (Wildman–Crippen MR) is 79.8 cm³/mol. The van der Waals surface area contributed by atoms with E-state index in [1.54, 1.807) is 7.11 Å². The first-order valence-corrected chi connectivity index (χ1v) is 7.71. The van der Waals surface area contributed by atoms with Crippen LogP contribution in [-0.4, -0.2) is 36.8 Å². The summed E-state index contributed by atoms with van der Waals surface area (Å²) in [6.07, 6.45) is 4.22. The zero-order valence-electron chi connectivity index (χ0n) is 12.5. The molecule has 1 unspecified atom stereocenters. The van der Waals surface area contributed by atoms with Gasteiger partial charge >= 0.3 is 0 Å². The maximum absolute atomic E-state index is 9.92. The van der Waals surface area contributed by atoms with Gasteiger partial charge in [0.2, 0.25) is 0 Å². The number of benzene rings is 1. The molecule has 3 nitrogen and oxygen atoms in total. The van der Waals surface area contributed by atoms with Crippen LogP contribution in [0, 0.1) is 11.8 Å². The molecule has 1 saturated carbocycles. The van der Waals surface area contributed by atoms with Crippen molar-refractivity contribution < 1.29 is 9.84 Å². The third kappa shape index (κ3) is 2.57. The highest BCUT2D eigenvalue weighted by molar-refractivity contribution is 5.31. The summed E-state index contributed by atoms with van der Waals surface area (Å²) < 4.78 is 5.38. The molecule has 1 aliphatic heterocycles. The molecule has 110 valence electrons. The second-order valence-electron chi connectivity index (χ2n) is 6.38. The zero-order valence-corrected chi connectivity index (χ0v) is 12.5. The average Bonchev–Trinajstić information content (AvgIpc) is 2.47. The van der Waals surface area contributed by atoms with E-state index in [4.69, 9.17) is 4.74 Å². The van der Waals surface area contributed by atoms with Gasteiger partial charge in [0.25, 0.3) is 0 Å². The molecule has 0 spiro atoms. The standard InChI is InChI=1S/C17H25NO2/c1-18-9-8-12-10-14(19)6-7-16(12)17(18)13-4-3-5-15(11-13)20-2/h3-5,11-12,14,16-17,19H,6-10H2,1-2H3/t12-,14-,16?,17+/m0/s1. The van der Waals surface area contributed by atoms with Gasteiger partial charge in [0.1, 0.15) is 5.75 Å². The van der Waals surface area contributed by atoms with E-state index in [-0.39, 0.29) is 6.10 Å². The Balaban J connectivity index is 1.88. The molecule has 1 aliphatic carbocycles. The Morgan fingerprint density at radius 2 is 2.10 bits per heavy atom. The van der Waals surface area contributed by atoms with Crippen LogP contribution >= 0.6 is 0 Å². The Labute approximate surface area is 121 Å². The maximum atomic E-state index is 9.92. The number of nitrogens with zero attached hydrogens (tertiary/aromatic N) is 1. The molecule has 0 radical (unpaired) electrons. The highest BCUT2D eigenvalue weighted by Crippen LogP contribution is 2.46. The number of rotatable bonds is 2. The maximum Gasteiger partial charge on any atom is 0.119 e. The molecule has 2 aliphatic rings. The summed E-state index contributed by atoms with van der Waals surface area (Å²) in [6, 6.07) is 8.96. The second-order valence-corrected chi connectivity index (χ2v) is 6.38. The second kappa shape index (κ2) is 5.74. The summed E-state index contributed by atoms with van der Waals surface area (Å²) in [5.74, 6) is 2.28. The van der Waals surface area contributed by atoms with Gasteiger partial charge in [-0.25, -0.2) is 0 Å². The summed E-state index contributed by atoms with van der Waals surface area (Å²) in [7, 11) is 3.95. The van der Waals surface area contributed by atoms with Crippen LogP contribution in [0.4, 0.5) is 0 Å². The molecule has 2 fully saturated rings. The minimum atomic E-state index is -0.0781. The first-order chi connectivity index (χ1) is 9.69. The van der Waals surface area contributed by atoms with Gasteiger partial charge in [0, 0.05) is 6.04 Å². The van der Waals surface area contributed by atoms with Crippen molar-refractivity contribution in [1.82, 2.24) is 4.90 Å². The number of likely N-dealkylation sites (tertiary alicyclic amines) is 1. The Morgan fingerprint density at radius 3 is 2.90 bits per heavy atom. The number of ether oxygens (including phenoxy) is 1. The molecule has 1 saturated heterocycles. The molecule has 20 heavy (non-hydrogen) atoms. The van der Waals surface area contributed by atoms with Crippen molar-refractivity contribution in [2.75, 3.05) is 20.7 Å². The van der Waals surface area contributed by atoms with E-state index in [1.165, 1.54) is 12.0 Å². The lowest BCUT2D eigenvalue weighted by atomic mass is 9.68. The molecule has 1 N–H and O–H groups in total. The molecule has 0 amide bonds. The van der Waals surface area contributed by atoms with Crippen molar-refractivity contribution >= 4 is 0 Å². The van der Waals surface area contributed by atoms with E-state index in [0.717, 1.165) is 31.6 Å². The predicted octanol–water partition coefficient (Wildman–Crippen LogP) is 2.85. The molecular weight excluding hydrogens is 250 g/mol. The lowest BCUT2D eigenvalue weighted by molar-refractivity contribution is -0.00883. The average molecular weight is 275 g/mol. The molecule has 1 heterocycles. The van der Waals surface area contributed by atoms with E-state index < -0.39 is 0 Å². The molecule has 3 heteroatoms. The van der Waals surface area contributed by atoms with E-state index in [9.17, 15) is 5.11 Å². The largest absolute Gasteiger partial charge is 0.497 e. The van der Waals surface area contributed by atoms with Crippen LogP contribution in [0.1, 0.15) is 37.3 Å². The molecule has 3 rings (SSSR count). The third-order valence-corrected chi connectivity index (χ3v) is 5.18. The number of fused-ring (bicyclic) bond motifs is 1. The van der Waals surface area contributed by atoms with Crippen molar-refractivity contribution in [3.63, 3.8) is 0 Å². The fourth-order valence-electron chi connectivity index (χ4n) is 4.17. The molecule has 1 aromatic carbocycles. The fraction of sp³-hybridized carbons (Fsp3) is 0.647. The van der Waals surface area contributed by atoms with Gasteiger partial charge in [-0.05, 0) is 68.8 Å². The van der Waals surface area contributed by atoms with Crippen LogP contribution in [0.15, 0.2) is 24.3 Å². The molecule has 4 atom stereocenters. The van der Waals surface area contributed by atoms with Crippen molar-refractivity contribution in [1.29, 1.82) is 0 Å². The summed E-state index contributed by atoms with van der Waals surface area (Å²) in [5.41, 5.74) is 1.36. The van der Waals surface area contributed by atoms with Gasteiger partial charge in [-0.2, -0.15) is 0 Å². The first-order valence-electron chi connectivity index (χ1n) is 7.71. The number of methoxy groups -OCH3 is 1. The van der Waals surface area contributed by atoms with Crippen LogP contribution in [-0.2, 0) is 0 Å². The lowest BCUT2D eigenvalue weighted by Crippen LogP contribution is -2.44. The molecule has 0 bridgehead atoms. The van der Waals surface area contributed by atoms with Crippen molar-refractivity contribution in [3.8, 4) is 5.75 Å². The normalized spacial score (nSPS) is 34.5. The van der Waals surface area contributed by atoms with E-state index >= 15 is 0 Å². The van der Waals surface area contributed by atoms with Crippen LogP contribution < -0.4 is 4.74 Å². The summed E-state index contributed by atoms with van der Waals surface area (Å²) >= 11 is 0. The van der Waals surface area contributed by atoms with Crippen molar-refractivity contribution in [2.24, 2.45) is 11.8 Å². The van der Waals surface area contributed by atoms with Crippen LogP contribution in [0.5, 0.6) is 5.75 Å². The summed E-state index contributed by atoms with van der Waals surface area (Å²) in [4.78, 5) is 2.48. The van der Waals surface area contributed by atoms with E-state index in [1.807, 2.05) is 6.07 Å². The lowest BCUT2D eigenvalue weighted by Gasteiger charge is -2.47. The topological polar surface area (TPSA) is 32.7 Å². The first kappa shape index (κ1) is 13.9. The third-order valence-electron chi connectivity index (χ3n) is 5.18. The van der Waals surface area contributed by atoms with Gasteiger partial charge in [-0.3, -0.25) is 4.90 Å². The quantitative estimate of drug-likeness (QED) is 0.901. The number of aliphatic hydroxyl groups is 1. The number of piperidine rings is 1. The van der Waals surface area contributed by atoms with Gasteiger partial charge in [0.05, 0.1) is 13.2 Å². The smallest absolute Gasteiger partial charge is 0.119 e.